The molecule has 0 saturated heterocycles. The Morgan fingerprint density at radius 3 is 2.09 bits per heavy atom. The van der Waals surface area contributed by atoms with Gasteiger partial charge in [0.2, 0.25) is 0 Å². The first-order valence-corrected chi connectivity index (χ1v) is 9.62. The second kappa shape index (κ2) is 9.26. The average Bonchev–Trinajstić information content (AvgIpc) is 3.22. The zero-order valence-corrected chi connectivity index (χ0v) is 17.5. The third-order valence-corrected chi connectivity index (χ3v) is 4.73. The molecular weight excluding hydrogens is 452 g/mol. The van der Waals surface area contributed by atoms with E-state index < -0.39 is 29.4 Å². The molecule has 0 spiro atoms. The van der Waals surface area contributed by atoms with Crippen LogP contribution in [0.3, 0.4) is 0 Å². The molecule has 11 heteroatoms. The van der Waals surface area contributed by atoms with Crippen molar-refractivity contribution in [3.63, 3.8) is 0 Å². The molecular formula is C22H19F6N3O2. The Kier molecular flexibility index (Phi) is 6.82. The number of alkyl halides is 6. The van der Waals surface area contributed by atoms with Gasteiger partial charge in [-0.15, -0.1) is 0 Å². The molecule has 1 atom stereocenters. The van der Waals surface area contributed by atoms with Crippen molar-refractivity contribution in [1.82, 2.24) is 14.9 Å². The summed E-state index contributed by atoms with van der Waals surface area (Å²) < 4.78 is 85.2. The molecule has 1 N–H and O–H groups in total. The van der Waals surface area contributed by atoms with Gasteiger partial charge in [-0.2, -0.15) is 26.3 Å². The summed E-state index contributed by atoms with van der Waals surface area (Å²) in [6.07, 6.45) is -7.16. The number of hydrogen-bond acceptors (Lipinski definition) is 3. The van der Waals surface area contributed by atoms with Crippen LogP contribution in [0.2, 0.25) is 0 Å². The van der Waals surface area contributed by atoms with Gasteiger partial charge in [0.15, 0.2) is 0 Å². The lowest BCUT2D eigenvalue weighted by Crippen LogP contribution is -2.36. The van der Waals surface area contributed by atoms with Gasteiger partial charge in [0.1, 0.15) is 5.69 Å². The zero-order valence-electron chi connectivity index (χ0n) is 17.5. The Morgan fingerprint density at radius 2 is 1.58 bits per heavy atom. The van der Waals surface area contributed by atoms with Crippen molar-refractivity contribution >= 4 is 5.91 Å². The highest BCUT2D eigenvalue weighted by molar-refractivity contribution is 5.93. The minimum Gasteiger partial charge on any atom is -0.383 e. The predicted molar refractivity (Wildman–Crippen MR) is 108 cm³/mol. The highest BCUT2D eigenvalue weighted by atomic mass is 19.4. The van der Waals surface area contributed by atoms with E-state index in [-0.39, 0.29) is 28.9 Å². The first kappa shape index (κ1) is 24.3. The van der Waals surface area contributed by atoms with Crippen molar-refractivity contribution in [3.8, 4) is 16.8 Å². The van der Waals surface area contributed by atoms with E-state index >= 15 is 0 Å². The predicted octanol–water partition coefficient (Wildman–Crippen LogP) is 5.34. The fraction of sp³-hybridized carbons (Fsp3) is 0.273. The maximum atomic E-state index is 13.1. The SMILES string of the molecule is COC[C@H](C)NC(=O)c1cncn1-c1ccc(-c2cc(C(F)(F)F)cc(C(F)(F)F)c2)cc1. The van der Waals surface area contributed by atoms with E-state index in [0.717, 1.165) is 0 Å². The van der Waals surface area contributed by atoms with Crippen molar-refractivity contribution < 1.29 is 35.9 Å². The van der Waals surface area contributed by atoms with Crippen LogP contribution in [0.5, 0.6) is 0 Å². The molecule has 1 amide bonds. The van der Waals surface area contributed by atoms with E-state index in [2.05, 4.69) is 10.3 Å². The summed E-state index contributed by atoms with van der Waals surface area (Å²) in [6.45, 7) is 2.05. The summed E-state index contributed by atoms with van der Waals surface area (Å²) in [4.78, 5) is 16.4. The number of methoxy groups -OCH3 is 1. The standard InChI is InChI=1S/C22H19F6N3O2/c1-13(11-33-2)30-20(32)19-10-29-12-31(19)18-5-3-14(4-6-18)15-7-16(21(23,24)25)9-17(8-15)22(26,27)28/h3-10,12-13H,11H2,1-2H3,(H,30,32)/t13-/m0/s1. The van der Waals surface area contributed by atoms with E-state index in [9.17, 15) is 31.1 Å². The van der Waals surface area contributed by atoms with Gasteiger partial charge in [-0.25, -0.2) is 4.98 Å². The third-order valence-electron chi connectivity index (χ3n) is 4.73. The molecule has 0 fully saturated rings. The Balaban J connectivity index is 1.94. The van der Waals surface area contributed by atoms with Crippen molar-refractivity contribution in [2.24, 2.45) is 0 Å². The van der Waals surface area contributed by atoms with Gasteiger partial charge in [-0.1, -0.05) is 12.1 Å². The molecule has 1 heterocycles. The topological polar surface area (TPSA) is 56.1 Å². The van der Waals surface area contributed by atoms with E-state index in [1.54, 1.807) is 6.92 Å². The monoisotopic (exact) mass is 471 g/mol. The summed E-state index contributed by atoms with van der Waals surface area (Å²) in [7, 11) is 1.50. The number of aromatic nitrogens is 2. The number of nitrogens with one attached hydrogen (secondary N) is 1. The fourth-order valence-corrected chi connectivity index (χ4v) is 3.19. The molecule has 0 radical (unpaired) electrons. The normalized spacial score (nSPS) is 13.1. The van der Waals surface area contributed by atoms with Crippen LogP contribution in [0.15, 0.2) is 55.0 Å². The number of hydrogen-bond donors (Lipinski definition) is 1. The van der Waals surface area contributed by atoms with Crippen LogP contribution in [-0.4, -0.2) is 35.2 Å². The van der Waals surface area contributed by atoms with Gasteiger partial charge in [0, 0.05) is 18.8 Å². The van der Waals surface area contributed by atoms with Crippen molar-refractivity contribution in [2.45, 2.75) is 25.3 Å². The first-order valence-electron chi connectivity index (χ1n) is 9.62. The van der Waals surface area contributed by atoms with Gasteiger partial charge < -0.3 is 10.1 Å². The lowest BCUT2D eigenvalue weighted by Gasteiger charge is -2.15. The molecule has 3 rings (SSSR count). The molecule has 0 saturated carbocycles. The van der Waals surface area contributed by atoms with E-state index in [1.807, 2.05) is 0 Å². The lowest BCUT2D eigenvalue weighted by atomic mass is 9.99. The van der Waals surface area contributed by atoms with Crippen LogP contribution in [0.25, 0.3) is 16.8 Å². The number of ether oxygens (including phenoxy) is 1. The molecule has 5 nitrogen and oxygen atoms in total. The Hall–Kier alpha value is -3.34. The average molecular weight is 471 g/mol. The number of amides is 1. The fourth-order valence-electron chi connectivity index (χ4n) is 3.19. The second-order valence-electron chi connectivity index (χ2n) is 7.32. The molecule has 2 aromatic carbocycles. The molecule has 0 unspecified atom stereocenters. The number of carbonyl (C=O) groups excluding carboxylic acids is 1. The number of rotatable bonds is 6. The van der Waals surface area contributed by atoms with E-state index in [1.165, 1.54) is 48.5 Å². The van der Waals surface area contributed by atoms with Gasteiger partial charge in [0.05, 0.1) is 30.3 Å². The van der Waals surface area contributed by atoms with Crippen molar-refractivity contribution in [3.05, 3.63) is 71.8 Å². The van der Waals surface area contributed by atoms with Crippen LogP contribution >= 0.6 is 0 Å². The van der Waals surface area contributed by atoms with Crippen molar-refractivity contribution in [2.75, 3.05) is 13.7 Å². The molecule has 33 heavy (non-hydrogen) atoms. The zero-order chi connectivity index (χ0) is 24.4. The van der Waals surface area contributed by atoms with Crippen molar-refractivity contribution in [1.29, 1.82) is 0 Å². The minimum absolute atomic E-state index is 0.0822. The summed E-state index contributed by atoms with van der Waals surface area (Å²) in [6, 6.07) is 6.84. The number of benzene rings is 2. The highest BCUT2D eigenvalue weighted by Crippen LogP contribution is 2.38. The lowest BCUT2D eigenvalue weighted by molar-refractivity contribution is -0.143. The number of nitrogens with zero attached hydrogens (tertiary/aromatic N) is 2. The smallest absolute Gasteiger partial charge is 0.383 e. The molecule has 0 aliphatic carbocycles. The number of halogens is 6. The molecule has 176 valence electrons. The molecule has 0 bridgehead atoms. The van der Waals surface area contributed by atoms with Crippen LogP contribution in [0.1, 0.15) is 28.5 Å². The summed E-state index contributed by atoms with van der Waals surface area (Å²) in [5.74, 6) is -0.422. The largest absolute Gasteiger partial charge is 0.416 e. The van der Waals surface area contributed by atoms with E-state index in [4.69, 9.17) is 4.74 Å². The molecule has 3 aromatic rings. The first-order chi connectivity index (χ1) is 15.4. The maximum Gasteiger partial charge on any atom is 0.416 e. The van der Waals surface area contributed by atoms with Crippen LogP contribution in [0, 0.1) is 0 Å². The summed E-state index contributed by atoms with van der Waals surface area (Å²) in [5, 5.41) is 2.73. The van der Waals surface area contributed by atoms with Gasteiger partial charge >= 0.3 is 12.4 Å². The number of carbonyl (C=O) groups is 1. The Labute approximate surface area is 185 Å². The van der Waals surface area contributed by atoms with Crippen LogP contribution in [0.4, 0.5) is 26.3 Å². The maximum absolute atomic E-state index is 13.1. The second-order valence-corrected chi connectivity index (χ2v) is 7.32. The van der Waals surface area contributed by atoms with Gasteiger partial charge in [-0.3, -0.25) is 9.36 Å². The number of imidazole rings is 1. The van der Waals surface area contributed by atoms with Gasteiger partial charge in [0.25, 0.3) is 5.91 Å². The Bertz CT molecular complexity index is 1090. The van der Waals surface area contributed by atoms with E-state index in [0.29, 0.717) is 24.4 Å². The Morgan fingerprint density at radius 1 is 1.00 bits per heavy atom. The summed E-state index contributed by atoms with van der Waals surface area (Å²) in [5.41, 5.74) is -2.23. The van der Waals surface area contributed by atoms with Crippen LogP contribution < -0.4 is 5.32 Å². The highest BCUT2D eigenvalue weighted by Gasteiger charge is 2.37. The quantitative estimate of drug-likeness (QED) is 0.494. The third kappa shape index (κ3) is 5.72. The molecule has 0 aliphatic rings. The van der Waals surface area contributed by atoms with Gasteiger partial charge in [-0.05, 0) is 48.4 Å². The molecule has 0 aliphatic heterocycles. The van der Waals surface area contributed by atoms with Crippen LogP contribution in [-0.2, 0) is 17.1 Å². The molecule has 1 aromatic heterocycles. The minimum atomic E-state index is -4.94. The summed E-state index contributed by atoms with van der Waals surface area (Å²) >= 11 is 0.